The van der Waals surface area contributed by atoms with Gasteiger partial charge in [-0.2, -0.15) is 0 Å². The molecule has 0 aliphatic rings. The molecule has 0 aromatic heterocycles. The quantitative estimate of drug-likeness (QED) is 0.805. The van der Waals surface area contributed by atoms with E-state index in [0.29, 0.717) is 12.8 Å². The summed E-state index contributed by atoms with van der Waals surface area (Å²) in [5.74, 6) is -1.21. The molecule has 1 atom stereocenters. The second-order valence-corrected chi connectivity index (χ2v) is 3.72. The molecular formula is C12H17F2NO2. The Kier molecular flexibility index (Phi) is 5.31. The molecule has 0 aliphatic carbocycles. The van der Waals surface area contributed by atoms with Crippen molar-refractivity contribution in [3.63, 3.8) is 0 Å². The summed E-state index contributed by atoms with van der Waals surface area (Å²) in [4.78, 5) is 0. The Morgan fingerprint density at radius 3 is 2.59 bits per heavy atom. The second kappa shape index (κ2) is 6.51. The molecule has 1 aromatic rings. The Hall–Kier alpha value is -1.20. The molecule has 0 saturated carbocycles. The summed E-state index contributed by atoms with van der Waals surface area (Å²) >= 11 is 0. The van der Waals surface area contributed by atoms with Gasteiger partial charge in [0.2, 0.25) is 0 Å². The fourth-order valence-electron chi connectivity index (χ4n) is 1.72. The van der Waals surface area contributed by atoms with Crippen LogP contribution in [0.25, 0.3) is 0 Å². The van der Waals surface area contributed by atoms with Crippen molar-refractivity contribution in [1.82, 2.24) is 5.32 Å². The van der Waals surface area contributed by atoms with E-state index in [1.165, 1.54) is 7.11 Å². The maximum atomic E-state index is 13.7. The smallest absolute Gasteiger partial charge is 0.165 e. The molecule has 0 radical (unpaired) electrons. The van der Waals surface area contributed by atoms with Gasteiger partial charge in [-0.1, -0.05) is 0 Å². The van der Waals surface area contributed by atoms with Crippen molar-refractivity contribution in [2.45, 2.75) is 18.9 Å². The molecule has 0 spiro atoms. The molecule has 0 bridgehead atoms. The minimum Gasteiger partial charge on any atom is -0.494 e. The summed E-state index contributed by atoms with van der Waals surface area (Å²) in [6, 6.07) is 1.85. The van der Waals surface area contributed by atoms with Gasteiger partial charge in [-0.05, 0) is 26.0 Å². The second-order valence-electron chi connectivity index (χ2n) is 3.72. The molecule has 1 aromatic carbocycles. The SMILES string of the molecule is CNC(CCCO)c1cc(F)c(OC)cc1F. The number of rotatable bonds is 6. The van der Waals surface area contributed by atoms with E-state index in [9.17, 15) is 8.78 Å². The highest BCUT2D eigenvalue weighted by atomic mass is 19.1. The molecule has 0 heterocycles. The lowest BCUT2D eigenvalue weighted by molar-refractivity contribution is 0.275. The Morgan fingerprint density at radius 1 is 1.35 bits per heavy atom. The van der Waals surface area contributed by atoms with Crippen molar-refractivity contribution in [2.75, 3.05) is 20.8 Å². The van der Waals surface area contributed by atoms with E-state index in [0.717, 1.165) is 12.1 Å². The number of hydrogen-bond acceptors (Lipinski definition) is 3. The van der Waals surface area contributed by atoms with E-state index in [2.05, 4.69) is 5.32 Å². The van der Waals surface area contributed by atoms with Gasteiger partial charge in [-0.25, -0.2) is 8.78 Å². The summed E-state index contributed by atoms with van der Waals surface area (Å²) in [7, 11) is 2.96. The van der Waals surface area contributed by atoms with E-state index in [4.69, 9.17) is 9.84 Å². The van der Waals surface area contributed by atoms with Crippen LogP contribution in [-0.4, -0.2) is 25.9 Å². The van der Waals surface area contributed by atoms with Crippen molar-refractivity contribution in [3.8, 4) is 5.75 Å². The van der Waals surface area contributed by atoms with Gasteiger partial charge in [0.1, 0.15) is 5.82 Å². The largest absolute Gasteiger partial charge is 0.494 e. The molecule has 0 fully saturated rings. The number of ether oxygens (including phenoxy) is 1. The molecule has 0 saturated heterocycles. The third-order valence-corrected chi connectivity index (χ3v) is 2.65. The van der Waals surface area contributed by atoms with E-state index in [1.807, 2.05) is 0 Å². The zero-order valence-electron chi connectivity index (χ0n) is 9.96. The third-order valence-electron chi connectivity index (χ3n) is 2.65. The lowest BCUT2D eigenvalue weighted by Crippen LogP contribution is -2.18. The van der Waals surface area contributed by atoms with Crippen molar-refractivity contribution < 1.29 is 18.6 Å². The number of methoxy groups -OCH3 is 1. The molecule has 1 rings (SSSR count). The lowest BCUT2D eigenvalue weighted by atomic mass is 10.0. The van der Waals surface area contributed by atoms with Crippen LogP contribution in [-0.2, 0) is 0 Å². The number of aliphatic hydroxyl groups excluding tert-OH is 1. The number of aliphatic hydroxyl groups is 1. The monoisotopic (exact) mass is 245 g/mol. The normalized spacial score (nSPS) is 12.5. The zero-order valence-corrected chi connectivity index (χ0v) is 9.96. The van der Waals surface area contributed by atoms with Crippen molar-refractivity contribution in [2.24, 2.45) is 0 Å². The van der Waals surface area contributed by atoms with Gasteiger partial charge in [0.25, 0.3) is 0 Å². The van der Waals surface area contributed by atoms with Gasteiger partial charge in [0.15, 0.2) is 11.6 Å². The highest BCUT2D eigenvalue weighted by Gasteiger charge is 2.17. The predicted octanol–water partition coefficient (Wildman–Crippen LogP) is 2.01. The third kappa shape index (κ3) is 3.38. The van der Waals surface area contributed by atoms with Crippen molar-refractivity contribution in [1.29, 1.82) is 0 Å². The highest BCUT2D eigenvalue weighted by Crippen LogP contribution is 2.27. The average molecular weight is 245 g/mol. The summed E-state index contributed by atoms with van der Waals surface area (Å²) in [5, 5.41) is 11.6. The number of nitrogens with one attached hydrogen (secondary N) is 1. The molecule has 0 amide bonds. The summed E-state index contributed by atoms with van der Waals surface area (Å²) in [5.41, 5.74) is 0.249. The molecule has 3 nitrogen and oxygen atoms in total. The standard InChI is InChI=1S/C12H17F2NO2/c1-15-11(4-3-5-16)8-6-10(14)12(17-2)7-9(8)13/h6-7,11,15-16H,3-5H2,1-2H3. The van der Waals surface area contributed by atoms with Crippen LogP contribution in [0.5, 0.6) is 5.75 Å². The van der Waals surface area contributed by atoms with Crippen LogP contribution in [0, 0.1) is 11.6 Å². The average Bonchev–Trinajstić information content (AvgIpc) is 2.33. The minimum atomic E-state index is -0.590. The zero-order chi connectivity index (χ0) is 12.8. The van der Waals surface area contributed by atoms with E-state index in [-0.39, 0.29) is 24.0 Å². The van der Waals surface area contributed by atoms with Crippen LogP contribution in [0.15, 0.2) is 12.1 Å². The molecule has 96 valence electrons. The van der Waals surface area contributed by atoms with Gasteiger partial charge in [0.05, 0.1) is 7.11 Å². The van der Waals surface area contributed by atoms with E-state index < -0.39 is 11.6 Å². The Labute approximate surface area is 99.4 Å². The lowest BCUT2D eigenvalue weighted by Gasteiger charge is -2.17. The molecule has 5 heteroatoms. The van der Waals surface area contributed by atoms with Gasteiger partial charge in [-0.15, -0.1) is 0 Å². The van der Waals surface area contributed by atoms with Gasteiger partial charge < -0.3 is 15.2 Å². The van der Waals surface area contributed by atoms with Crippen LogP contribution < -0.4 is 10.1 Å². The maximum Gasteiger partial charge on any atom is 0.165 e. The first-order valence-electron chi connectivity index (χ1n) is 5.45. The molecule has 17 heavy (non-hydrogen) atoms. The first-order valence-corrected chi connectivity index (χ1v) is 5.45. The Morgan fingerprint density at radius 2 is 2.06 bits per heavy atom. The Bertz CT molecular complexity index is 372. The van der Waals surface area contributed by atoms with Crippen LogP contribution in [0.3, 0.4) is 0 Å². The topological polar surface area (TPSA) is 41.5 Å². The van der Waals surface area contributed by atoms with Crippen LogP contribution in [0.1, 0.15) is 24.4 Å². The fraction of sp³-hybridized carbons (Fsp3) is 0.500. The maximum absolute atomic E-state index is 13.7. The Balaban J connectivity index is 2.99. The fourth-order valence-corrected chi connectivity index (χ4v) is 1.72. The molecule has 2 N–H and O–H groups in total. The van der Waals surface area contributed by atoms with Crippen molar-refractivity contribution >= 4 is 0 Å². The van der Waals surface area contributed by atoms with Gasteiger partial charge in [0, 0.05) is 24.3 Å². The predicted molar refractivity (Wildman–Crippen MR) is 61.0 cm³/mol. The summed E-state index contributed by atoms with van der Waals surface area (Å²) in [6.45, 7) is 0.0262. The number of halogens is 2. The minimum absolute atomic E-state index is 0.0262. The van der Waals surface area contributed by atoms with Crippen LogP contribution in [0.2, 0.25) is 0 Å². The molecule has 0 aliphatic heterocycles. The van der Waals surface area contributed by atoms with E-state index >= 15 is 0 Å². The molecular weight excluding hydrogens is 228 g/mol. The van der Waals surface area contributed by atoms with E-state index in [1.54, 1.807) is 7.05 Å². The van der Waals surface area contributed by atoms with Crippen LogP contribution >= 0.6 is 0 Å². The number of hydrogen-bond donors (Lipinski definition) is 2. The van der Waals surface area contributed by atoms with Crippen molar-refractivity contribution in [3.05, 3.63) is 29.3 Å². The first-order chi connectivity index (χ1) is 8.13. The van der Waals surface area contributed by atoms with Gasteiger partial charge in [-0.3, -0.25) is 0 Å². The summed E-state index contributed by atoms with van der Waals surface area (Å²) in [6.07, 6.45) is 1.06. The van der Waals surface area contributed by atoms with Gasteiger partial charge >= 0.3 is 0 Å². The highest BCUT2D eigenvalue weighted by molar-refractivity contribution is 5.32. The number of benzene rings is 1. The van der Waals surface area contributed by atoms with Crippen LogP contribution in [0.4, 0.5) is 8.78 Å². The molecule has 1 unspecified atom stereocenters. The first kappa shape index (κ1) is 13.9. The summed E-state index contributed by atoms with van der Waals surface area (Å²) < 4.78 is 31.9.